The van der Waals surface area contributed by atoms with Crippen molar-refractivity contribution in [2.24, 2.45) is 11.5 Å². The predicted octanol–water partition coefficient (Wildman–Crippen LogP) is -0.386. The summed E-state index contributed by atoms with van der Waals surface area (Å²) >= 11 is 0. The highest BCUT2D eigenvalue weighted by Crippen LogP contribution is 2.22. The van der Waals surface area contributed by atoms with E-state index in [2.05, 4.69) is 0 Å². The summed E-state index contributed by atoms with van der Waals surface area (Å²) < 4.78 is 5.41. The van der Waals surface area contributed by atoms with Crippen LogP contribution < -0.4 is 11.5 Å². The molecule has 0 spiro atoms. The van der Waals surface area contributed by atoms with E-state index >= 15 is 0 Å². The number of rotatable bonds is 5. The molecule has 1 aliphatic rings. The molecule has 2 amide bonds. The lowest BCUT2D eigenvalue weighted by atomic mass is 9.95. The van der Waals surface area contributed by atoms with Gasteiger partial charge in [0.25, 0.3) is 5.91 Å². The van der Waals surface area contributed by atoms with Crippen molar-refractivity contribution in [2.75, 3.05) is 26.3 Å². The Kier molecular flexibility index (Phi) is 5.70. The molecule has 126 valence electrons. The molecule has 1 fully saturated rings. The van der Waals surface area contributed by atoms with Crippen LogP contribution in [0.4, 0.5) is 0 Å². The third kappa shape index (κ3) is 4.07. The van der Waals surface area contributed by atoms with Gasteiger partial charge in [0.1, 0.15) is 0 Å². The number of benzene rings is 1. The summed E-state index contributed by atoms with van der Waals surface area (Å²) in [5.74, 6) is -1.46. The van der Waals surface area contributed by atoms with Gasteiger partial charge in [0.2, 0.25) is 11.6 Å². The van der Waals surface area contributed by atoms with E-state index in [-0.39, 0.29) is 12.0 Å². The molecule has 1 aromatic carbocycles. The summed E-state index contributed by atoms with van der Waals surface area (Å²) in [5.41, 5.74) is 9.72. The number of carbonyl (C=O) groups is 2. The van der Waals surface area contributed by atoms with Crippen LogP contribution in [0.15, 0.2) is 24.3 Å². The molecular weight excluding hydrogens is 298 g/mol. The van der Waals surface area contributed by atoms with E-state index < -0.39 is 17.5 Å². The van der Waals surface area contributed by atoms with E-state index in [1.165, 1.54) is 0 Å². The summed E-state index contributed by atoms with van der Waals surface area (Å²) in [6, 6.07) is 6.63. The van der Waals surface area contributed by atoms with Gasteiger partial charge in [-0.15, -0.1) is 0 Å². The van der Waals surface area contributed by atoms with Gasteiger partial charge in [-0.2, -0.15) is 0 Å². The number of nitrogens with zero attached hydrogens (tertiary/aromatic N) is 1. The summed E-state index contributed by atoms with van der Waals surface area (Å²) in [6.45, 7) is 2.00. The second-order valence-corrected chi connectivity index (χ2v) is 5.69. The molecule has 0 saturated carbocycles. The summed E-state index contributed by atoms with van der Waals surface area (Å²) in [7, 11) is 0. The molecular formula is C16H23N3O4. The van der Waals surface area contributed by atoms with E-state index in [4.69, 9.17) is 16.2 Å². The number of hydrogen-bond acceptors (Lipinski definition) is 5. The summed E-state index contributed by atoms with van der Waals surface area (Å²) in [4.78, 5) is 25.1. The molecule has 1 aliphatic heterocycles. The Balaban J connectivity index is 2.30. The third-order valence-corrected chi connectivity index (χ3v) is 4.11. The summed E-state index contributed by atoms with van der Waals surface area (Å²) in [5, 5.41) is 10.9. The zero-order valence-corrected chi connectivity index (χ0v) is 13.0. The van der Waals surface area contributed by atoms with Crippen LogP contribution in [-0.4, -0.2) is 53.8 Å². The van der Waals surface area contributed by atoms with Crippen LogP contribution in [0.1, 0.15) is 28.8 Å². The highest BCUT2D eigenvalue weighted by atomic mass is 16.5. The van der Waals surface area contributed by atoms with Gasteiger partial charge in [-0.1, -0.05) is 18.2 Å². The molecule has 1 saturated heterocycles. The lowest BCUT2D eigenvalue weighted by molar-refractivity contribution is -0.163. The van der Waals surface area contributed by atoms with Gasteiger partial charge in [-0.05, 0) is 24.5 Å². The minimum absolute atomic E-state index is 0.0958. The molecule has 0 radical (unpaired) electrons. The van der Waals surface area contributed by atoms with Crippen molar-refractivity contribution in [3.8, 4) is 0 Å². The Morgan fingerprint density at radius 3 is 2.61 bits per heavy atom. The van der Waals surface area contributed by atoms with Crippen LogP contribution >= 0.6 is 0 Å². The van der Waals surface area contributed by atoms with E-state index in [1.807, 2.05) is 0 Å². The summed E-state index contributed by atoms with van der Waals surface area (Å²) in [6.07, 6.45) is 1.54. The Bertz CT molecular complexity index is 570. The van der Waals surface area contributed by atoms with E-state index in [0.29, 0.717) is 31.9 Å². The Labute approximate surface area is 135 Å². The van der Waals surface area contributed by atoms with Crippen molar-refractivity contribution >= 4 is 11.8 Å². The fourth-order valence-corrected chi connectivity index (χ4v) is 2.80. The Morgan fingerprint density at radius 1 is 1.17 bits per heavy atom. The lowest BCUT2D eigenvalue weighted by Crippen LogP contribution is -2.60. The zero-order valence-electron chi connectivity index (χ0n) is 13.0. The lowest BCUT2D eigenvalue weighted by Gasteiger charge is -2.38. The zero-order chi connectivity index (χ0) is 16.9. The van der Waals surface area contributed by atoms with Gasteiger partial charge < -0.3 is 21.3 Å². The highest BCUT2D eigenvalue weighted by molar-refractivity contribution is 5.94. The van der Waals surface area contributed by atoms with Crippen LogP contribution in [0.25, 0.3) is 0 Å². The molecule has 0 aliphatic carbocycles. The van der Waals surface area contributed by atoms with E-state index in [1.54, 1.807) is 29.2 Å². The Morgan fingerprint density at radius 2 is 1.91 bits per heavy atom. The van der Waals surface area contributed by atoms with Crippen LogP contribution in [0.2, 0.25) is 0 Å². The molecule has 0 unspecified atom stereocenters. The monoisotopic (exact) mass is 321 g/mol. The standard InChI is InChI=1S/C16H23N3O4/c17-14(20)13-6-2-1-5-12(13)11-16(22,15(18)21)19-7-3-4-9-23-10-8-19/h1-2,5-6,22H,3-4,7-11H2,(H2,17,20)(H2,18,21)/t16-/m0/s1. The second kappa shape index (κ2) is 7.54. The van der Waals surface area contributed by atoms with Crippen molar-refractivity contribution in [1.29, 1.82) is 0 Å². The average Bonchev–Trinajstić information content (AvgIpc) is 2.46. The van der Waals surface area contributed by atoms with Gasteiger partial charge in [0, 0.05) is 31.7 Å². The number of primary amides is 2. The van der Waals surface area contributed by atoms with Gasteiger partial charge in [0.15, 0.2) is 0 Å². The number of ether oxygens (including phenoxy) is 1. The van der Waals surface area contributed by atoms with Gasteiger partial charge in [-0.25, -0.2) is 0 Å². The maximum atomic E-state index is 12.0. The first-order valence-corrected chi connectivity index (χ1v) is 7.68. The first-order chi connectivity index (χ1) is 10.9. The van der Waals surface area contributed by atoms with Crippen molar-refractivity contribution in [1.82, 2.24) is 4.90 Å². The van der Waals surface area contributed by atoms with Crippen LogP contribution in [0.3, 0.4) is 0 Å². The highest BCUT2D eigenvalue weighted by Gasteiger charge is 2.41. The van der Waals surface area contributed by atoms with Crippen LogP contribution in [-0.2, 0) is 16.0 Å². The third-order valence-electron chi connectivity index (χ3n) is 4.11. The van der Waals surface area contributed by atoms with Crippen molar-refractivity contribution in [3.05, 3.63) is 35.4 Å². The molecule has 0 bridgehead atoms. The Hall–Kier alpha value is -1.96. The average molecular weight is 321 g/mol. The maximum absolute atomic E-state index is 12.0. The normalized spacial score (nSPS) is 19.3. The SMILES string of the molecule is NC(=O)c1ccccc1C[C@](O)(C(N)=O)N1CCCCOCC1. The fourth-order valence-electron chi connectivity index (χ4n) is 2.80. The maximum Gasteiger partial charge on any atom is 0.265 e. The molecule has 7 heteroatoms. The number of hydrogen-bond donors (Lipinski definition) is 3. The quantitative estimate of drug-likeness (QED) is 0.683. The van der Waals surface area contributed by atoms with Crippen molar-refractivity contribution in [2.45, 2.75) is 25.0 Å². The number of nitrogens with two attached hydrogens (primary N) is 2. The molecule has 2 rings (SSSR count). The molecule has 1 atom stereocenters. The minimum Gasteiger partial charge on any atom is -0.380 e. The minimum atomic E-state index is -1.88. The molecule has 5 N–H and O–H groups in total. The fraction of sp³-hybridized carbons (Fsp3) is 0.500. The molecule has 23 heavy (non-hydrogen) atoms. The largest absolute Gasteiger partial charge is 0.380 e. The first kappa shape index (κ1) is 17.4. The van der Waals surface area contributed by atoms with Gasteiger partial charge in [-0.3, -0.25) is 14.5 Å². The topological polar surface area (TPSA) is 119 Å². The second-order valence-electron chi connectivity index (χ2n) is 5.69. The number of amides is 2. The van der Waals surface area contributed by atoms with Crippen LogP contribution in [0.5, 0.6) is 0 Å². The smallest absolute Gasteiger partial charge is 0.265 e. The van der Waals surface area contributed by atoms with E-state index in [9.17, 15) is 14.7 Å². The van der Waals surface area contributed by atoms with E-state index in [0.717, 1.165) is 12.8 Å². The van der Waals surface area contributed by atoms with Gasteiger partial charge in [0.05, 0.1) is 6.61 Å². The van der Waals surface area contributed by atoms with Crippen molar-refractivity contribution < 1.29 is 19.4 Å². The van der Waals surface area contributed by atoms with Gasteiger partial charge >= 0.3 is 0 Å². The molecule has 7 nitrogen and oxygen atoms in total. The van der Waals surface area contributed by atoms with Crippen molar-refractivity contribution in [3.63, 3.8) is 0 Å². The first-order valence-electron chi connectivity index (χ1n) is 7.68. The van der Waals surface area contributed by atoms with Crippen LogP contribution in [0, 0.1) is 0 Å². The molecule has 0 aromatic heterocycles. The molecule has 1 aromatic rings. The number of carbonyl (C=O) groups excluding carboxylic acids is 2. The predicted molar refractivity (Wildman–Crippen MR) is 84.4 cm³/mol. The number of aliphatic hydroxyl groups is 1. The molecule has 1 heterocycles.